The third kappa shape index (κ3) is 4.37. The highest BCUT2D eigenvalue weighted by atomic mass is 16.5. The summed E-state index contributed by atoms with van der Waals surface area (Å²) in [5.41, 5.74) is 8.52. The van der Waals surface area contributed by atoms with Crippen LogP contribution in [0.3, 0.4) is 0 Å². The van der Waals surface area contributed by atoms with E-state index in [4.69, 9.17) is 10.5 Å². The van der Waals surface area contributed by atoms with Gasteiger partial charge in [-0.2, -0.15) is 0 Å². The molecule has 0 saturated heterocycles. The fourth-order valence-corrected chi connectivity index (χ4v) is 1.96. The van der Waals surface area contributed by atoms with Crippen molar-refractivity contribution in [3.05, 3.63) is 34.9 Å². The lowest BCUT2D eigenvalue weighted by Gasteiger charge is -2.18. The molecular weight excluding hydrogens is 244 g/mol. The van der Waals surface area contributed by atoms with Crippen molar-refractivity contribution in [1.29, 1.82) is 0 Å². The number of rotatable bonds is 6. The normalized spacial score (nSPS) is 11.9. The van der Waals surface area contributed by atoms with Crippen LogP contribution < -0.4 is 11.1 Å². The Hall–Kier alpha value is -1.88. The number of hydrogen-bond donors (Lipinski definition) is 2. The number of benzene rings is 1. The summed E-state index contributed by atoms with van der Waals surface area (Å²) in [4.78, 5) is 22.9. The second-order valence-corrected chi connectivity index (χ2v) is 4.53. The summed E-state index contributed by atoms with van der Waals surface area (Å²) in [5.74, 6) is -0.898. The molecule has 2 amide bonds. The molecule has 0 saturated carbocycles. The van der Waals surface area contributed by atoms with Crippen molar-refractivity contribution in [2.45, 2.75) is 26.3 Å². The van der Waals surface area contributed by atoms with E-state index >= 15 is 0 Å². The first kappa shape index (κ1) is 15.2. The maximum absolute atomic E-state index is 11.5. The second kappa shape index (κ2) is 6.89. The second-order valence-electron chi connectivity index (χ2n) is 4.53. The van der Waals surface area contributed by atoms with Crippen LogP contribution in [0.1, 0.15) is 16.7 Å². The summed E-state index contributed by atoms with van der Waals surface area (Å²) in [7, 11) is 1.42. The molecule has 5 heteroatoms. The van der Waals surface area contributed by atoms with Crippen molar-refractivity contribution in [2.75, 3.05) is 13.7 Å². The maximum atomic E-state index is 11.5. The van der Waals surface area contributed by atoms with Crippen LogP contribution in [0.5, 0.6) is 0 Å². The van der Waals surface area contributed by atoms with Gasteiger partial charge in [0.25, 0.3) is 0 Å². The zero-order valence-corrected chi connectivity index (χ0v) is 11.5. The highest BCUT2D eigenvalue weighted by Crippen LogP contribution is 2.15. The number of aryl methyl sites for hydroxylation is 2. The van der Waals surface area contributed by atoms with Crippen LogP contribution >= 0.6 is 0 Å². The molecule has 1 aromatic rings. The molecular formula is C14H20N2O3. The molecule has 0 aliphatic heterocycles. The quantitative estimate of drug-likeness (QED) is 0.783. The van der Waals surface area contributed by atoms with E-state index in [2.05, 4.69) is 5.32 Å². The van der Waals surface area contributed by atoms with Crippen LogP contribution in [0.2, 0.25) is 0 Å². The predicted molar refractivity (Wildman–Crippen MR) is 72.6 cm³/mol. The van der Waals surface area contributed by atoms with E-state index in [1.165, 1.54) is 7.11 Å². The third-order valence-corrected chi connectivity index (χ3v) is 3.01. The minimum Gasteiger partial charge on any atom is -0.375 e. The van der Waals surface area contributed by atoms with E-state index in [1.54, 1.807) is 0 Å². The summed E-state index contributed by atoms with van der Waals surface area (Å²) in [6.07, 6.45) is 0.392. The van der Waals surface area contributed by atoms with Crippen molar-refractivity contribution >= 4 is 11.8 Å². The van der Waals surface area contributed by atoms with Gasteiger partial charge >= 0.3 is 0 Å². The van der Waals surface area contributed by atoms with Crippen LogP contribution in [-0.2, 0) is 20.7 Å². The van der Waals surface area contributed by atoms with E-state index in [0.717, 1.165) is 16.7 Å². The highest BCUT2D eigenvalue weighted by Gasteiger charge is 2.20. The predicted octanol–water partition coefficient (Wildman–Crippen LogP) is 0.462. The monoisotopic (exact) mass is 264 g/mol. The zero-order chi connectivity index (χ0) is 14.4. The number of hydrogen-bond acceptors (Lipinski definition) is 3. The first-order chi connectivity index (χ1) is 8.95. The summed E-state index contributed by atoms with van der Waals surface area (Å²) < 4.78 is 4.72. The van der Waals surface area contributed by atoms with Gasteiger partial charge < -0.3 is 15.8 Å². The first-order valence-electron chi connectivity index (χ1n) is 6.08. The van der Waals surface area contributed by atoms with Gasteiger partial charge in [-0.3, -0.25) is 9.59 Å². The molecule has 0 fully saturated rings. The number of nitrogens with one attached hydrogen (secondary N) is 1. The molecule has 0 aliphatic rings. The van der Waals surface area contributed by atoms with E-state index in [-0.39, 0.29) is 12.5 Å². The van der Waals surface area contributed by atoms with Crippen molar-refractivity contribution < 1.29 is 14.3 Å². The number of carbonyl (C=O) groups is 2. The molecule has 5 nitrogen and oxygen atoms in total. The molecule has 0 unspecified atom stereocenters. The minimum atomic E-state index is -0.720. The Labute approximate surface area is 113 Å². The fraction of sp³-hybridized carbons (Fsp3) is 0.429. The van der Waals surface area contributed by atoms with Crippen LogP contribution in [0, 0.1) is 13.8 Å². The number of nitrogens with two attached hydrogens (primary N) is 1. The smallest absolute Gasteiger partial charge is 0.246 e. The van der Waals surface area contributed by atoms with Gasteiger partial charge in [0.1, 0.15) is 12.6 Å². The summed E-state index contributed by atoms with van der Waals surface area (Å²) >= 11 is 0. The molecule has 104 valence electrons. The summed E-state index contributed by atoms with van der Waals surface area (Å²) in [6, 6.07) is 5.17. The standard InChI is InChI=1S/C14H20N2O3/c1-9-5-4-6-10(2)11(9)7-12(14(15)18)16-13(17)8-19-3/h4-6,12H,7-8H2,1-3H3,(H2,15,18)(H,16,17)/t12-/m0/s1. The number of primary amides is 1. The van der Waals surface area contributed by atoms with Crippen LogP contribution in [-0.4, -0.2) is 31.6 Å². The van der Waals surface area contributed by atoms with Crippen molar-refractivity contribution in [2.24, 2.45) is 5.73 Å². The number of ether oxygens (including phenoxy) is 1. The molecule has 0 aliphatic carbocycles. The van der Waals surface area contributed by atoms with Crippen molar-refractivity contribution in [3.8, 4) is 0 Å². The highest BCUT2D eigenvalue weighted by molar-refractivity contribution is 5.87. The molecule has 19 heavy (non-hydrogen) atoms. The average Bonchev–Trinajstić information content (AvgIpc) is 2.32. The average molecular weight is 264 g/mol. The fourth-order valence-electron chi connectivity index (χ4n) is 1.96. The van der Waals surface area contributed by atoms with Gasteiger partial charge in [0.05, 0.1) is 0 Å². The van der Waals surface area contributed by atoms with Gasteiger partial charge in [0.15, 0.2) is 0 Å². The number of methoxy groups -OCH3 is 1. The Balaban J connectivity index is 2.84. The zero-order valence-electron chi connectivity index (χ0n) is 11.5. The molecule has 0 spiro atoms. The molecule has 1 rings (SSSR count). The van der Waals surface area contributed by atoms with Crippen molar-refractivity contribution in [1.82, 2.24) is 5.32 Å². The molecule has 0 heterocycles. The minimum absolute atomic E-state index is 0.0868. The number of amides is 2. The van der Waals surface area contributed by atoms with Crippen LogP contribution in [0.25, 0.3) is 0 Å². The molecule has 0 radical (unpaired) electrons. The van der Waals surface area contributed by atoms with Gasteiger partial charge in [-0.05, 0) is 30.5 Å². The Kier molecular flexibility index (Phi) is 5.51. The largest absolute Gasteiger partial charge is 0.375 e. The summed E-state index contributed by atoms with van der Waals surface area (Å²) in [5, 5.41) is 2.58. The lowest BCUT2D eigenvalue weighted by molar-refractivity contribution is -0.129. The van der Waals surface area contributed by atoms with Gasteiger partial charge in [-0.25, -0.2) is 0 Å². The maximum Gasteiger partial charge on any atom is 0.246 e. The summed E-state index contributed by atoms with van der Waals surface area (Å²) in [6.45, 7) is 3.85. The first-order valence-corrected chi connectivity index (χ1v) is 6.08. The third-order valence-electron chi connectivity index (χ3n) is 3.01. The lowest BCUT2D eigenvalue weighted by Crippen LogP contribution is -2.47. The molecule has 1 atom stereocenters. The lowest BCUT2D eigenvalue weighted by atomic mass is 9.96. The molecule has 3 N–H and O–H groups in total. The Morgan fingerprint density at radius 1 is 1.32 bits per heavy atom. The number of carbonyl (C=O) groups excluding carboxylic acids is 2. The van der Waals surface area contributed by atoms with Gasteiger partial charge in [0.2, 0.25) is 11.8 Å². The Bertz CT molecular complexity index is 452. The van der Waals surface area contributed by atoms with Gasteiger partial charge in [-0.1, -0.05) is 18.2 Å². The topological polar surface area (TPSA) is 81.4 Å². The molecule has 1 aromatic carbocycles. The van der Waals surface area contributed by atoms with Gasteiger partial charge in [0, 0.05) is 13.5 Å². The van der Waals surface area contributed by atoms with E-state index < -0.39 is 11.9 Å². The van der Waals surface area contributed by atoms with Gasteiger partial charge in [-0.15, -0.1) is 0 Å². The van der Waals surface area contributed by atoms with E-state index in [9.17, 15) is 9.59 Å². The van der Waals surface area contributed by atoms with E-state index in [0.29, 0.717) is 6.42 Å². The molecule has 0 aromatic heterocycles. The van der Waals surface area contributed by atoms with Crippen molar-refractivity contribution in [3.63, 3.8) is 0 Å². The van der Waals surface area contributed by atoms with Crippen LogP contribution in [0.4, 0.5) is 0 Å². The van der Waals surface area contributed by atoms with E-state index in [1.807, 2.05) is 32.0 Å². The Morgan fingerprint density at radius 2 is 1.89 bits per heavy atom. The molecule has 0 bridgehead atoms. The SMILES string of the molecule is COCC(=O)N[C@@H](Cc1c(C)cccc1C)C(N)=O. The van der Waals surface area contributed by atoms with Crippen LogP contribution in [0.15, 0.2) is 18.2 Å². The Morgan fingerprint density at radius 3 is 2.37 bits per heavy atom.